The van der Waals surface area contributed by atoms with E-state index < -0.39 is 35.0 Å². The Morgan fingerprint density at radius 1 is 1.00 bits per heavy atom. The number of fused-ring (bicyclic) bond motifs is 1. The molecule has 0 N–H and O–H groups in total. The maximum Gasteiger partial charge on any atom is 0.315 e. The third-order valence-corrected chi connectivity index (χ3v) is 8.98. The van der Waals surface area contributed by atoms with Gasteiger partial charge in [-0.2, -0.15) is 0 Å². The molecular weight excluding hydrogens is 452 g/mol. The van der Waals surface area contributed by atoms with Crippen LogP contribution in [0.3, 0.4) is 0 Å². The van der Waals surface area contributed by atoms with Crippen molar-refractivity contribution < 1.29 is 38.1 Å². The summed E-state index contributed by atoms with van der Waals surface area (Å²) in [5, 5.41) is 0. The minimum absolute atomic E-state index is 0.0432. The summed E-state index contributed by atoms with van der Waals surface area (Å²) in [6.07, 6.45) is 6.73. The summed E-state index contributed by atoms with van der Waals surface area (Å²) < 4.78 is 22.4. The maximum absolute atomic E-state index is 13.0. The third kappa shape index (κ3) is 5.36. The Labute approximate surface area is 207 Å². The van der Waals surface area contributed by atoms with Crippen molar-refractivity contribution >= 4 is 23.9 Å². The van der Waals surface area contributed by atoms with Crippen LogP contribution >= 0.6 is 0 Å². The van der Waals surface area contributed by atoms with E-state index in [4.69, 9.17) is 18.9 Å². The zero-order chi connectivity index (χ0) is 25.4. The number of hydrogen-bond donors (Lipinski definition) is 0. The predicted molar refractivity (Wildman–Crippen MR) is 125 cm³/mol. The normalized spacial score (nSPS) is 31.5. The molecule has 1 saturated heterocycles. The molecule has 0 aromatic carbocycles. The van der Waals surface area contributed by atoms with Gasteiger partial charge in [0.25, 0.3) is 0 Å². The molecule has 0 aromatic rings. The van der Waals surface area contributed by atoms with E-state index in [2.05, 4.69) is 0 Å². The molecule has 4 rings (SSSR count). The van der Waals surface area contributed by atoms with Crippen LogP contribution < -0.4 is 0 Å². The van der Waals surface area contributed by atoms with Crippen LogP contribution in [0.4, 0.5) is 0 Å². The van der Waals surface area contributed by atoms with Gasteiger partial charge < -0.3 is 18.9 Å². The molecule has 4 fully saturated rings. The maximum atomic E-state index is 13.0. The standard InChI is InChI=1S/C27H40O8/c1-5-27(4,25(31)34-22-16-13-18-19(14-16)24(30)33-23(18)22)15-32-20(28)11-12-21(29)35-26(2,3)17-9-7-6-8-10-17/h16-19,22-23H,5-15H2,1-4H3. The molecule has 1 heterocycles. The lowest BCUT2D eigenvalue weighted by atomic mass is 9.79. The van der Waals surface area contributed by atoms with E-state index in [-0.39, 0.29) is 49.3 Å². The summed E-state index contributed by atoms with van der Waals surface area (Å²) in [6.45, 7) is 7.31. The van der Waals surface area contributed by atoms with Gasteiger partial charge in [0.05, 0.1) is 24.2 Å². The lowest BCUT2D eigenvalue weighted by Crippen LogP contribution is -2.42. The van der Waals surface area contributed by atoms with Gasteiger partial charge in [0.1, 0.15) is 24.4 Å². The Balaban J connectivity index is 1.21. The van der Waals surface area contributed by atoms with E-state index in [1.54, 1.807) is 6.92 Å². The lowest BCUT2D eigenvalue weighted by molar-refractivity contribution is -0.177. The first kappa shape index (κ1) is 26.0. The van der Waals surface area contributed by atoms with E-state index in [1.807, 2.05) is 20.8 Å². The molecule has 0 amide bonds. The summed E-state index contributed by atoms with van der Waals surface area (Å²) >= 11 is 0. The Kier molecular flexibility index (Phi) is 7.49. The number of rotatable bonds is 10. The lowest BCUT2D eigenvalue weighted by Gasteiger charge is -2.36. The smallest absolute Gasteiger partial charge is 0.315 e. The number of ether oxygens (including phenoxy) is 4. The highest BCUT2D eigenvalue weighted by Crippen LogP contribution is 2.55. The average molecular weight is 493 g/mol. The fourth-order valence-electron chi connectivity index (χ4n) is 6.38. The number of carbonyl (C=O) groups is 4. The number of hydrogen-bond acceptors (Lipinski definition) is 8. The van der Waals surface area contributed by atoms with Crippen molar-refractivity contribution in [2.24, 2.45) is 29.1 Å². The van der Waals surface area contributed by atoms with E-state index in [0.717, 1.165) is 32.1 Å². The van der Waals surface area contributed by atoms with Crippen LogP contribution in [0.2, 0.25) is 0 Å². The van der Waals surface area contributed by atoms with Gasteiger partial charge in [0.2, 0.25) is 0 Å². The fraction of sp³-hybridized carbons (Fsp3) is 0.852. The van der Waals surface area contributed by atoms with Gasteiger partial charge in [-0.1, -0.05) is 26.2 Å². The minimum Gasteiger partial charge on any atom is -0.464 e. The van der Waals surface area contributed by atoms with Gasteiger partial charge in [0.15, 0.2) is 0 Å². The number of esters is 4. The Morgan fingerprint density at radius 3 is 2.37 bits per heavy atom. The van der Waals surface area contributed by atoms with Crippen LogP contribution in [0.1, 0.15) is 91.9 Å². The molecule has 8 heteroatoms. The van der Waals surface area contributed by atoms with E-state index in [0.29, 0.717) is 18.8 Å². The van der Waals surface area contributed by atoms with Gasteiger partial charge in [-0.3, -0.25) is 19.2 Å². The largest absolute Gasteiger partial charge is 0.464 e. The molecule has 3 aliphatic carbocycles. The molecule has 196 valence electrons. The van der Waals surface area contributed by atoms with E-state index in [9.17, 15) is 19.2 Å². The van der Waals surface area contributed by atoms with Crippen LogP contribution in [-0.4, -0.2) is 48.3 Å². The van der Waals surface area contributed by atoms with Gasteiger partial charge >= 0.3 is 23.9 Å². The molecule has 0 aromatic heterocycles. The molecule has 3 saturated carbocycles. The highest BCUT2D eigenvalue weighted by molar-refractivity contribution is 5.80. The van der Waals surface area contributed by atoms with Gasteiger partial charge in [-0.15, -0.1) is 0 Å². The van der Waals surface area contributed by atoms with Gasteiger partial charge in [-0.25, -0.2) is 0 Å². The van der Waals surface area contributed by atoms with E-state index in [1.165, 1.54) is 6.42 Å². The first-order chi connectivity index (χ1) is 16.5. The molecule has 2 bridgehead atoms. The van der Waals surface area contributed by atoms with Crippen molar-refractivity contribution in [3.05, 3.63) is 0 Å². The van der Waals surface area contributed by atoms with Crippen molar-refractivity contribution in [2.45, 2.75) is 110 Å². The molecule has 0 spiro atoms. The molecule has 6 atom stereocenters. The molecule has 4 aliphatic rings. The molecule has 1 aliphatic heterocycles. The van der Waals surface area contributed by atoms with Crippen molar-refractivity contribution in [3.63, 3.8) is 0 Å². The Morgan fingerprint density at radius 2 is 1.69 bits per heavy atom. The predicted octanol–water partition coefficient (Wildman–Crippen LogP) is 4.12. The summed E-state index contributed by atoms with van der Waals surface area (Å²) in [6, 6.07) is 0. The first-order valence-electron chi connectivity index (χ1n) is 13.3. The zero-order valence-electron chi connectivity index (χ0n) is 21.5. The highest BCUT2D eigenvalue weighted by Gasteiger charge is 2.63. The van der Waals surface area contributed by atoms with Crippen molar-refractivity contribution in [1.29, 1.82) is 0 Å². The molecule has 8 nitrogen and oxygen atoms in total. The minimum atomic E-state index is -1.01. The monoisotopic (exact) mass is 492 g/mol. The molecule has 6 unspecified atom stereocenters. The topological polar surface area (TPSA) is 105 Å². The van der Waals surface area contributed by atoms with Crippen LogP contribution in [0.5, 0.6) is 0 Å². The second-order valence-electron chi connectivity index (χ2n) is 11.8. The molecule has 0 radical (unpaired) electrons. The van der Waals surface area contributed by atoms with Crippen LogP contribution in [0.25, 0.3) is 0 Å². The van der Waals surface area contributed by atoms with Crippen molar-refractivity contribution in [2.75, 3.05) is 6.61 Å². The van der Waals surface area contributed by atoms with Crippen molar-refractivity contribution in [3.8, 4) is 0 Å². The van der Waals surface area contributed by atoms with E-state index >= 15 is 0 Å². The first-order valence-corrected chi connectivity index (χ1v) is 13.3. The average Bonchev–Trinajstić information content (AvgIpc) is 3.47. The highest BCUT2D eigenvalue weighted by atomic mass is 16.6. The van der Waals surface area contributed by atoms with Crippen LogP contribution in [-0.2, 0) is 38.1 Å². The second-order valence-corrected chi connectivity index (χ2v) is 11.8. The third-order valence-electron chi connectivity index (χ3n) is 8.98. The van der Waals surface area contributed by atoms with Crippen molar-refractivity contribution in [1.82, 2.24) is 0 Å². The summed E-state index contributed by atoms with van der Waals surface area (Å²) in [5.41, 5.74) is -1.55. The van der Waals surface area contributed by atoms with Crippen LogP contribution in [0.15, 0.2) is 0 Å². The van der Waals surface area contributed by atoms with Gasteiger partial charge in [0, 0.05) is 11.8 Å². The zero-order valence-corrected chi connectivity index (χ0v) is 21.5. The summed E-state index contributed by atoms with van der Waals surface area (Å²) in [4.78, 5) is 49.7. The van der Waals surface area contributed by atoms with Gasteiger partial charge in [-0.05, 0) is 58.8 Å². The Hall–Kier alpha value is -2.12. The molecular formula is C27H40O8. The number of carbonyl (C=O) groups excluding carboxylic acids is 4. The Bertz CT molecular complexity index is 844. The summed E-state index contributed by atoms with van der Waals surface area (Å²) in [5.74, 6) is -0.965. The molecule has 35 heavy (non-hydrogen) atoms. The van der Waals surface area contributed by atoms with Crippen LogP contribution in [0, 0.1) is 29.1 Å². The fourth-order valence-corrected chi connectivity index (χ4v) is 6.38. The summed E-state index contributed by atoms with van der Waals surface area (Å²) in [7, 11) is 0. The second kappa shape index (κ2) is 10.1. The quantitative estimate of drug-likeness (QED) is 0.331. The SMILES string of the molecule is CCC(C)(COC(=O)CCC(=O)OC(C)(C)C1CCCCC1)C(=O)OC1C2CC3C(=O)OC1C3C2.